The molecule has 4 aromatic carbocycles. The van der Waals surface area contributed by atoms with Crippen LogP contribution in [-0.4, -0.2) is 19.3 Å². The zero-order chi connectivity index (χ0) is 28.2. The molecule has 208 valence electrons. The number of allylic oxidation sites excluding steroid dienone is 2. The van der Waals surface area contributed by atoms with Crippen LogP contribution in [0.2, 0.25) is 0 Å². The zero-order valence-corrected chi connectivity index (χ0v) is 24.2. The summed E-state index contributed by atoms with van der Waals surface area (Å²) >= 11 is 0. The fourth-order valence-electron chi connectivity index (χ4n) is 5.68. The van der Waals surface area contributed by atoms with Gasteiger partial charge in [-0.05, 0) is 77.4 Å². The maximum absolute atomic E-state index is 6.53. The molecule has 2 aliphatic rings. The van der Waals surface area contributed by atoms with Crippen LogP contribution in [0, 0.1) is 0 Å². The van der Waals surface area contributed by atoms with Crippen molar-refractivity contribution in [1.82, 2.24) is 0 Å². The van der Waals surface area contributed by atoms with E-state index in [4.69, 9.17) is 9.47 Å². The molecule has 0 radical (unpaired) electrons. The first kappa shape index (κ1) is 26.8. The van der Waals surface area contributed by atoms with Gasteiger partial charge in [0.2, 0.25) is 5.88 Å². The van der Waals surface area contributed by atoms with Gasteiger partial charge in [-0.25, -0.2) is 0 Å². The van der Waals surface area contributed by atoms with E-state index in [1.54, 1.807) is 0 Å². The average Bonchev–Trinajstić information content (AvgIpc) is 3.54. The predicted molar refractivity (Wildman–Crippen MR) is 171 cm³/mol. The number of benzene rings is 4. The van der Waals surface area contributed by atoms with Gasteiger partial charge in [0.05, 0.1) is 11.4 Å². The highest BCUT2D eigenvalue weighted by molar-refractivity contribution is 5.77. The lowest BCUT2D eigenvalue weighted by Crippen LogP contribution is -2.34. The Morgan fingerprint density at radius 2 is 1.29 bits per heavy atom. The van der Waals surface area contributed by atoms with Crippen molar-refractivity contribution in [3.05, 3.63) is 121 Å². The van der Waals surface area contributed by atoms with Gasteiger partial charge >= 0.3 is 0 Å². The lowest BCUT2D eigenvalue weighted by atomic mass is 10.0. The third kappa shape index (κ3) is 5.47. The van der Waals surface area contributed by atoms with Crippen LogP contribution in [0.15, 0.2) is 121 Å². The summed E-state index contributed by atoms with van der Waals surface area (Å²) in [4.78, 5) is 4.70. The number of rotatable bonds is 9. The van der Waals surface area contributed by atoms with Crippen molar-refractivity contribution in [3.8, 4) is 33.8 Å². The average molecular weight is 543 g/mol. The number of hydrogen-bond acceptors (Lipinski definition) is 4. The number of anilines is 2. The van der Waals surface area contributed by atoms with E-state index in [2.05, 4.69) is 140 Å². The van der Waals surface area contributed by atoms with Gasteiger partial charge in [0.1, 0.15) is 5.75 Å². The molecule has 0 saturated heterocycles. The number of fused-ring (bicyclic) bond motifs is 2. The molecule has 4 heteroatoms. The van der Waals surface area contributed by atoms with Crippen LogP contribution >= 0.6 is 0 Å². The van der Waals surface area contributed by atoms with Crippen LogP contribution in [-0.2, 0) is 0 Å². The molecule has 0 spiro atoms. The largest absolute Gasteiger partial charge is 0.465 e. The topological polar surface area (TPSA) is 24.9 Å². The Bertz CT molecular complexity index is 1560. The number of nitrogens with zero attached hydrogens (tertiary/aromatic N) is 2. The summed E-state index contributed by atoms with van der Waals surface area (Å²) in [5, 5.41) is 0. The van der Waals surface area contributed by atoms with Crippen LogP contribution in [0.3, 0.4) is 0 Å². The van der Waals surface area contributed by atoms with Gasteiger partial charge in [-0.1, -0.05) is 93.6 Å². The number of hydrogen-bond donors (Lipinski definition) is 0. The quantitative estimate of drug-likeness (QED) is 0.210. The molecule has 0 N–H and O–H groups in total. The summed E-state index contributed by atoms with van der Waals surface area (Å²) in [7, 11) is 0. The molecule has 6 rings (SSSR count). The first-order chi connectivity index (χ1) is 20.2. The Balaban J connectivity index is 1.30. The van der Waals surface area contributed by atoms with Crippen molar-refractivity contribution in [1.29, 1.82) is 0 Å². The highest BCUT2D eigenvalue weighted by Gasteiger charge is 2.30. The van der Waals surface area contributed by atoms with E-state index >= 15 is 0 Å². The molecule has 0 bridgehead atoms. The molecule has 0 saturated carbocycles. The van der Waals surface area contributed by atoms with Gasteiger partial charge < -0.3 is 19.3 Å². The Hall–Kier alpha value is -4.44. The molecular formula is C37H38N2O2. The molecule has 1 unspecified atom stereocenters. The molecule has 0 amide bonds. The van der Waals surface area contributed by atoms with Crippen molar-refractivity contribution in [2.24, 2.45) is 0 Å². The molecular weight excluding hydrogens is 504 g/mol. The van der Waals surface area contributed by atoms with Gasteiger partial charge in [-0.2, -0.15) is 0 Å². The zero-order valence-electron chi connectivity index (χ0n) is 24.2. The van der Waals surface area contributed by atoms with Crippen molar-refractivity contribution >= 4 is 11.4 Å². The van der Waals surface area contributed by atoms with Crippen molar-refractivity contribution < 1.29 is 9.47 Å². The van der Waals surface area contributed by atoms with E-state index in [1.165, 1.54) is 27.8 Å². The SMILES string of the molecule is CCCN1/C(=C/C(=C/C2Oc3ccc(-c4ccccc4)cc3N2CCC)CC)Oc2ccc(-c3ccccc3)cc21. The van der Waals surface area contributed by atoms with Crippen molar-refractivity contribution in [3.63, 3.8) is 0 Å². The van der Waals surface area contributed by atoms with Crippen LogP contribution in [0.25, 0.3) is 22.3 Å². The lowest BCUT2D eigenvalue weighted by Gasteiger charge is -2.23. The van der Waals surface area contributed by atoms with E-state index in [1.807, 2.05) is 0 Å². The van der Waals surface area contributed by atoms with Gasteiger partial charge in [-0.3, -0.25) is 0 Å². The highest BCUT2D eigenvalue weighted by Crippen LogP contribution is 2.43. The van der Waals surface area contributed by atoms with Crippen LogP contribution in [0.5, 0.6) is 11.5 Å². The summed E-state index contributed by atoms with van der Waals surface area (Å²) in [6, 6.07) is 34.1. The molecule has 4 aromatic rings. The third-order valence-corrected chi connectivity index (χ3v) is 7.75. The second-order valence-electron chi connectivity index (χ2n) is 10.6. The maximum Gasteiger partial charge on any atom is 0.200 e. The van der Waals surface area contributed by atoms with E-state index in [0.717, 1.165) is 61.1 Å². The summed E-state index contributed by atoms with van der Waals surface area (Å²) in [5.74, 6) is 2.72. The Kier molecular flexibility index (Phi) is 7.82. The monoisotopic (exact) mass is 542 g/mol. The van der Waals surface area contributed by atoms with E-state index < -0.39 is 0 Å². The third-order valence-electron chi connectivity index (χ3n) is 7.75. The van der Waals surface area contributed by atoms with Gasteiger partial charge in [-0.15, -0.1) is 0 Å². The minimum absolute atomic E-state index is 0.157. The summed E-state index contributed by atoms with van der Waals surface area (Å²) < 4.78 is 13.0. The van der Waals surface area contributed by atoms with E-state index in [-0.39, 0.29) is 6.23 Å². The normalized spacial score (nSPS) is 16.9. The Labute approximate surface area is 244 Å². The van der Waals surface area contributed by atoms with Crippen molar-refractivity contribution in [2.75, 3.05) is 22.9 Å². The molecule has 2 heterocycles. The minimum atomic E-state index is -0.157. The molecule has 1 atom stereocenters. The van der Waals surface area contributed by atoms with E-state index in [0.29, 0.717) is 0 Å². The highest BCUT2D eigenvalue weighted by atomic mass is 16.5. The molecule has 4 nitrogen and oxygen atoms in total. The standard InChI is InChI=1S/C37H38N2O2/c1-4-21-38-32-25-30(28-13-9-7-10-14-28)17-19-34(32)40-36(38)23-27(6-3)24-37-39(22-5-2)33-26-31(18-20-35(33)41-37)29-15-11-8-12-16-29/h7-20,23-26,36H,4-6,21-22H2,1-3H3/b27-23+,37-24-. The predicted octanol–water partition coefficient (Wildman–Crippen LogP) is 9.44. The Morgan fingerprint density at radius 1 is 0.683 bits per heavy atom. The molecule has 41 heavy (non-hydrogen) atoms. The smallest absolute Gasteiger partial charge is 0.200 e. The minimum Gasteiger partial charge on any atom is -0.465 e. The van der Waals surface area contributed by atoms with Crippen molar-refractivity contribution in [2.45, 2.75) is 46.3 Å². The summed E-state index contributed by atoms with van der Waals surface area (Å²) in [5.41, 5.74) is 8.31. The van der Waals surface area contributed by atoms with E-state index in [9.17, 15) is 0 Å². The van der Waals surface area contributed by atoms with Crippen LogP contribution in [0.1, 0.15) is 40.0 Å². The lowest BCUT2D eigenvalue weighted by molar-refractivity contribution is 0.272. The fourth-order valence-corrected chi connectivity index (χ4v) is 5.68. The first-order valence-corrected chi connectivity index (χ1v) is 14.9. The van der Waals surface area contributed by atoms with Crippen LogP contribution in [0.4, 0.5) is 11.4 Å². The fraction of sp³-hybridized carbons (Fsp3) is 0.243. The van der Waals surface area contributed by atoms with Gasteiger partial charge in [0.15, 0.2) is 12.0 Å². The Morgan fingerprint density at radius 3 is 1.90 bits per heavy atom. The molecule has 0 aromatic heterocycles. The maximum atomic E-state index is 6.53. The number of ether oxygens (including phenoxy) is 2. The molecule has 2 aliphatic heterocycles. The summed E-state index contributed by atoms with van der Waals surface area (Å²) in [6.45, 7) is 8.44. The first-order valence-electron chi connectivity index (χ1n) is 14.9. The molecule has 0 fully saturated rings. The van der Waals surface area contributed by atoms with Gasteiger partial charge in [0, 0.05) is 19.2 Å². The summed E-state index contributed by atoms with van der Waals surface area (Å²) in [6.07, 6.45) is 7.24. The van der Waals surface area contributed by atoms with Gasteiger partial charge in [0.25, 0.3) is 0 Å². The second-order valence-corrected chi connectivity index (χ2v) is 10.6. The second kappa shape index (κ2) is 12.0. The molecule has 0 aliphatic carbocycles. The van der Waals surface area contributed by atoms with Crippen LogP contribution < -0.4 is 19.3 Å².